The minimum atomic E-state index is -3.94. The Hall–Kier alpha value is -3.33. The standard InChI is InChI=1S/C25H25N3O5S/c1-2-32-20-6-3-4-7-21(20)34(30,31)27-24-18-15-25(11-12-25)19-10-9-16(28-13-5-8-22(28)29)14-17(19)23(18)33-26-24/h3-4,6-7,9-10,14H,2,5,8,11-13,15H2,1H3,(H,26,27). The summed E-state index contributed by atoms with van der Waals surface area (Å²) in [5.41, 5.74) is 3.64. The monoisotopic (exact) mass is 479 g/mol. The van der Waals surface area contributed by atoms with Crippen LogP contribution in [0.2, 0.25) is 0 Å². The molecule has 0 bridgehead atoms. The number of rotatable bonds is 6. The number of hydrogen-bond donors (Lipinski definition) is 1. The van der Waals surface area contributed by atoms with E-state index in [1.165, 1.54) is 11.6 Å². The summed E-state index contributed by atoms with van der Waals surface area (Å²) in [6.45, 7) is 2.87. The fourth-order valence-electron chi connectivity index (χ4n) is 5.20. The van der Waals surface area contributed by atoms with Gasteiger partial charge in [-0.2, -0.15) is 0 Å². The van der Waals surface area contributed by atoms with Crippen LogP contribution in [0.25, 0.3) is 11.3 Å². The molecule has 0 unspecified atom stereocenters. The van der Waals surface area contributed by atoms with Crippen molar-refractivity contribution in [3.63, 3.8) is 0 Å². The van der Waals surface area contributed by atoms with Crippen molar-refractivity contribution in [1.29, 1.82) is 0 Å². The van der Waals surface area contributed by atoms with Gasteiger partial charge in [-0.15, -0.1) is 0 Å². The van der Waals surface area contributed by atoms with E-state index in [0.29, 0.717) is 37.5 Å². The molecule has 1 N–H and O–H groups in total. The lowest BCUT2D eigenvalue weighted by atomic mass is 9.79. The molecule has 2 heterocycles. The number of nitrogens with zero attached hydrogens (tertiary/aromatic N) is 2. The summed E-state index contributed by atoms with van der Waals surface area (Å²) in [6.07, 6.45) is 4.11. The number of carbonyl (C=O) groups is 1. The number of hydrogen-bond acceptors (Lipinski definition) is 6. The first-order valence-electron chi connectivity index (χ1n) is 11.6. The lowest BCUT2D eigenvalue weighted by molar-refractivity contribution is -0.117. The van der Waals surface area contributed by atoms with Crippen LogP contribution in [0, 0.1) is 0 Å². The molecule has 3 aromatic rings. The third-order valence-corrected chi connectivity index (χ3v) is 8.41. The normalized spacial score (nSPS) is 18.0. The van der Waals surface area contributed by atoms with Gasteiger partial charge in [0.15, 0.2) is 11.6 Å². The van der Waals surface area contributed by atoms with Crippen LogP contribution in [0.15, 0.2) is 51.9 Å². The average Bonchev–Trinajstić information content (AvgIpc) is 3.28. The van der Waals surface area contributed by atoms with Gasteiger partial charge in [0.25, 0.3) is 10.0 Å². The lowest BCUT2D eigenvalue weighted by Crippen LogP contribution is -2.25. The predicted molar refractivity (Wildman–Crippen MR) is 127 cm³/mol. The first kappa shape index (κ1) is 21.2. The topological polar surface area (TPSA) is 102 Å². The van der Waals surface area contributed by atoms with E-state index in [-0.39, 0.29) is 22.0 Å². The minimum Gasteiger partial charge on any atom is -0.492 e. The highest BCUT2D eigenvalue weighted by molar-refractivity contribution is 7.92. The van der Waals surface area contributed by atoms with E-state index in [1.54, 1.807) is 30.0 Å². The summed E-state index contributed by atoms with van der Waals surface area (Å²) >= 11 is 0. The van der Waals surface area contributed by atoms with Crippen LogP contribution >= 0.6 is 0 Å². The van der Waals surface area contributed by atoms with Crippen molar-refractivity contribution in [2.24, 2.45) is 0 Å². The molecule has 0 radical (unpaired) electrons. The molecule has 176 valence electrons. The van der Waals surface area contributed by atoms with Crippen molar-refractivity contribution in [2.75, 3.05) is 22.8 Å². The Morgan fingerprint density at radius 2 is 2.03 bits per heavy atom. The molecule has 1 amide bonds. The van der Waals surface area contributed by atoms with Crippen LogP contribution in [-0.2, 0) is 26.7 Å². The summed E-state index contributed by atoms with van der Waals surface area (Å²) in [7, 11) is -3.94. The Labute approximate surface area is 197 Å². The second-order valence-corrected chi connectivity index (χ2v) is 10.8. The lowest BCUT2D eigenvalue weighted by Gasteiger charge is -2.26. The molecule has 3 aliphatic rings. The third kappa shape index (κ3) is 3.29. The number of benzene rings is 2. The van der Waals surface area contributed by atoms with Crippen molar-refractivity contribution in [3.8, 4) is 17.1 Å². The maximum Gasteiger partial charge on any atom is 0.266 e. The number of amides is 1. The van der Waals surface area contributed by atoms with E-state index < -0.39 is 10.0 Å². The Balaban J connectivity index is 1.40. The first-order chi connectivity index (χ1) is 16.4. The number of nitrogens with one attached hydrogen (secondary N) is 1. The molecule has 1 saturated heterocycles. The Morgan fingerprint density at radius 1 is 1.21 bits per heavy atom. The average molecular weight is 480 g/mol. The number of carbonyl (C=O) groups excluding carboxylic acids is 1. The van der Waals surface area contributed by atoms with Gasteiger partial charge in [-0.05, 0) is 62.4 Å². The molecule has 2 aliphatic carbocycles. The van der Waals surface area contributed by atoms with Crippen molar-refractivity contribution in [1.82, 2.24) is 5.16 Å². The largest absolute Gasteiger partial charge is 0.492 e. The van der Waals surface area contributed by atoms with Gasteiger partial charge in [0.1, 0.15) is 10.6 Å². The molecule has 9 heteroatoms. The zero-order chi connectivity index (χ0) is 23.5. The zero-order valence-electron chi connectivity index (χ0n) is 18.8. The van der Waals surface area contributed by atoms with E-state index >= 15 is 0 Å². The maximum atomic E-state index is 13.3. The predicted octanol–water partition coefficient (Wildman–Crippen LogP) is 4.26. The third-order valence-electron chi connectivity index (χ3n) is 7.03. The molecule has 6 rings (SSSR count). The molecule has 34 heavy (non-hydrogen) atoms. The van der Waals surface area contributed by atoms with Crippen molar-refractivity contribution in [3.05, 3.63) is 53.6 Å². The molecule has 2 fully saturated rings. The van der Waals surface area contributed by atoms with Gasteiger partial charge in [0.05, 0.1) is 6.61 Å². The number of ether oxygens (including phenoxy) is 1. The molecule has 8 nitrogen and oxygen atoms in total. The van der Waals surface area contributed by atoms with Gasteiger partial charge in [-0.1, -0.05) is 23.4 Å². The number of aromatic nitrogens is 1. The molecular formula is C25H25N3O5S. The highest BCUT2D eigenvalue weighted by Crippen LogP contribution is 2.58. The van der Waals surface area contributed by atoms with Gasteiger partial charge in [0, 0.05) is 35.2 Å². The highest BCUT2D eigenvalue weighted by atomic mass is 32.2. The van der Waals surface area contributed by atoms with Crippen LogP contribution < -0.4 is 14.4 Å². The molecule has 0 atom stereocenters. The first-order valence-corrected chi connectivity index (χ1v) is 13.1. The maximum absolute atomic E-state index is 13.3. The Bertz CT molecular complexity index is 1410. The van der Waals surface area contributed by atoms with Crippen LogP contribution in [0.4, 0.5) is 11.5 Å². The minimum absolute atomic E-state index is 0.0368. The molecule has 1 aliphatic heterocycles. The van der Waals surface area contributed by atoms with E-state index in [4.69, 9.17) is 9.26 Å². The molecule has 1 spiro atoms. The van der Waals surface area contributed by atoms with E-state index in [2.05, 4.69) is 15.9 Å². The summed E-state index contributed by atoms with van der Waals surface area (Å²) < 4.78 is 40.4. The second-order valence-electron chi connectivity index (χ2n) is 9.16. The Kier molecular flexibility index (Phi) is 4.74. The smallest absolute Gasteiger partial charge is 0.266 e. The van der Waals surface area contributed by atoms with Gasteiger partial charge in [-0.3, -0.25) is 9.52 Å². The highest BCUT2D eigenvalue weighted by Gasteiger charge is 2.50. The summed E-state index contributed by atoms with van der Waals surface area (Å²) in [5.74, 6) is 1.19. The molecule has 2 aromatic carbocycles. The zero-order valence-corrected chi connectivity index (χ0v) is 19.7. The Morgan fingerprint density at radius 3 is 2.76 bits per heavy atom. The van der Waals surface area contributed by atoms with E-state index in [1.807, 2.05) is 12.1 Å². The van der Waals surface area contributed by atoms with Crippen molar-refractivity contribution < 1.29 is 22.5 Å². The van der Waals surface area contributed by atoms with Crippen molar-refractivity contribution in [2.45, 2.75) is 49.3 Å². The number of para-hydroxylation sites is 1. The van der Waals surface area contributed by atoms with Crippen LogP contribution in [0.5, 0.6) is 5.75 Å². The number of fused-ring (bicyclic) bond motifs is 4. The summed E-state index contributed by atoms with van der Waals surface area (Å²) in [6, 6.07) is 12.6. The number of anilines is 2. The molecular weight excluding hydrogens is 454 g/mol. The quantitative estimate of drug-likeness (QED) is 0.567. The van der Waals surface area contributed by atoms with Crippen LogP contribution in [-0.4, -0.2) is 32.6 Å². The fraction of sp³-hybridized carbons (Fsp3) is 0.360. The van der Waals surface area contributed by atoms with Gasteiger partial charge >= 0.3 is 0 Å². The number of sulfonamides is 1. The van der Waals surface area contributed by atoms with Gasteiger partial charge < -0.3 is 14.2 Å². The van der Waals surface area contributed by atoms with E-state index in [9.17, 15) is 13.2 Å². The SMILES string of the molecule is CCOc1ccccc1S(=O)(=O)Nc1noc2c1CC1(CC1)c1ccc(N3CCCC3=O)cc1-2. The van der Waals surface area contributed by atoms with Crippen LogP contribution in [0.1, 0.15) is 43.7 Å². The fourth-order valence-corrected chi connectivity index (χ4v) is 6.37. The van der Waals surface area contributed by atoms with Gasteiger partial charge in [0.2, 0.25) is 5.91 Å². The second kappa shape index (κ2) is 7.59. The van der Waals surface area contributed by atoms with Crippen LogP contribution in [0.3, 0.4) is 0 Å². The van der Waals surface area contributed by atoms with Crippen molar-refractivity contribution >= 4 is 27.4 Å². The van der Waals surface area contributed by atoms with E-state index in [0.717, 1.165) is 36.1 Å². The molecule has 1 saturated carbocycles. The van der Waals surface area contributed by atoms with Gasteiger partial charge in [-0.25, -0.2) is 8.42 Å². The molecule has 1 aromatic heterocycles. The summed E-state index contributed by atoms with van der Waals surface area (Å²) in [5, 5.41) is 4.13. The summed E-state index contributed by atoms with van der Waals surface area (Å²) in [4.78, 5) is 14.2.